The molecular formula is C13H12N2O4S2. The first-order valence-corrected chi connectivity index (χ1v) is 8.73. The van der Waals surface area contributed by atoms with Crippen molar-refractivity contribution in [2.45, 2.75) is 23.8 Å². The SMILES string of the molecule is O=[N+]([O-])c1cc(S(=O)(=O)NC2CC2)ccc1-c1ccsc1. The Morgan fingerprint density at radius 1 is 1.29 bits per heavy atom. The second kappa shape index (κ2) is 5.21. The summed E-state index contributed by atoms with van der Waals surface area (Å²) in [5.41, 5.74) is 0.935. The molecule has 0 radical (unpaired) electrons. The zero-order chi connectivity index (χ0) is 15.0. The van der Waals surface area contributed by atoms with Gasteiger partial charge in [0.05, 0.1) is 15.4 Å². The van der Waals surface area contributed by atoms with Crippen molar-refractivity contribution in [1.29, 1.82) is 0 Å². The fourth-order valence-electron chi connectivity index (χ4n) is 1.98. The van der Waals surface area contributed by atoms with E-state index in [1.807, 2.05) is 5.38 Å². The maximum Gasteiger partial charge on any atom is 0.278 e. The minimum Gasteiger partial charge on any atom is -0.258 e. The second-order valence-electron chi connectivity index (χ2n) is 4.84. The van der Waals surface area contributed by atoms with Crippen molar-refractivity contribution in [2.75, 3.05) is 0 Å². The maximum absolute atomic E-state index is 12.1. The molecule has 1 N–H and O–H groups in total. The highest BCUT2D eigenvalue weighted by molar-refractivity contribution is 7.89. The summed E-state index contributed by atoms with van der Waals surface area (Å²) in [4.78, 5) is 10.6. The van der Waals surface area contributed by atoms with Gasteiger partial charge < -0.3 is 0 Å². The van der Waals surface area contributed by atoms with E-state index in [4.69, 9.17) is 0 Å². The van der Waals surface area contributed by atoms with Gasteiger partial charge in [-0.2, -0.15) is 11.3 Å². The van der Waals surface area contributed by atoms with E-state index < -0.39 is 14.9 Å². The molecule has 110 valence electrons. The molecule has 1 aliphatic rings. The van der Waals surface area contributed by atoms with E-state index in [2.05, 4.69) is 4.72 Å². The van der Waals surface area contributed by atoms with E-state index in [9.17, 15) is 18.5 Å². The van der Waals surface area contributed by atoms with Gasteiger partial charge in [0, 0.05) is 12.1 Å². The Morgan fingerprint density at radius 2 is 2.05 bits per heavy atom. The van der Waals surface area contributed by atoms with Gasteiger partial charge in [0.1, 0.15) is 0 Å². The monoisotopic (exact) mass is 324 g/mol. The Labute approximate surface area is 125 Å². The second-order valence-corrected chi connectivity index (χ2v) is 7.34. The first-order valence-electron chi connectivity index (χ1n) is 6.31. The number of nitro benzene ring substituents is 1. The number of rotatable bonds is 5. The Hall–Kier alpha value is -1.77. The first-order chi connectivity index (χ1) is 9.97. The smallest absolute Gasteiger partial charge is 0.258 e. The molecule has 8 heteroatoms. The third-order valence-corrected chi connectivity index (χ3v) is 5.41. The van der Waals surface area contributed by atoms with Gasteiger partial charge in [0.25, 0.3) is 5.69 Å². The number of benzene rings is 1. The molecule has 1 heterocycles. The van der Waals surface area contributed by atoms with Crippen LogP contribution in [0.5, 0.6) is 0 Å². The number of sulfonamides is 1. The normalized spacial score (nSPS) is 15.0. The predicted octanol–water partition coefficient (Wildman–Crippen LogP) is 2.76. The highest BCUT2D eigenvalue weighted by Crippen LogP contribution is 2.33. The summed E-state index contributed by atoms with van der Waals surface area (Å²) < 4.78 is 26.8. The average Bonchev–Trinajstić information content (AvgIpc) is 3.07. The van der Waals surface area contributed by atoms with Crippen molar-refractivity contribution >= 4 is 27.0 Å². The van der Waals surface area contributed by atoms with Crippen molar-refractivity contribution < 1.29 is 13.3 Å². The molecule has 0 unspecified atom stereocenters. The van der Waals surface area contributed by atoms with Gasteiger partial charge in [0.15, 0.2) is 0 Å². The van der Waals surface area contributed by atoms with Crippen molar-refractivity contribution in [2.24, 2.45) is 0 Å². The van der Waals surface area contributed by atoms with E-state index in [1.165, 1.54) is 23.5 Å². The quantitative estimate of drug-likeness (QED) is 0.676. The molecule has 3 rings (SSSR count). The van der Waals surface area contributed by atoms with Crippen LogP contribution in [-0.4, -0.2) is 19.4 Å². The fraction of sp³-hybridized carbons (Fsp3) is 0.231. The molecule has 1 saturated carbocycles. The molecule has 2 aromatic rings. The van der Waals surface area contributed by atoms with E-state index in [0.29, 0.717) is 11.1 Å². The molecular weight excluding hydrogens is 312 g/mol. The largest absolute Gasteiger partial charge is 0.278 e. The lowest BCUT2D eigenvalue weighted by Gasteiger charge is -2.07. The molecule has 0 bridgehead atoms. The number of thiophene rings is 1. The molecule has 1 aliphatic carbocycles. The molecule has 0 saturated heterocycles. The highest BCUT2D eigenvalue weighted by Gasteiger charge is 2.29. The lowest BCUT2D eigenvalue weighted by Crippen LogP contribution is -2.25. The van der Waals surface area contributed by atoms with E-state index in [1.54, 1.807) is 11.4 Å². The van der Waals surface area contributed by atoms with Gasteiger partial charge in [-0.25, -0.2) is 13.1 Å². The van der Waals surface area contributed by atoms with Crippen LogP contribution in [0.2, 0.25) is 0 Å². The molecule has 1 aromatic carbocycles. The van der Waals surface area contributed by atoms with Crippen LogP contribution in [-0.2, 0) is 10.0 Å². The first kappa shape index (κ1) is 14.2. The number of hydrogen-bond donors (Lipinski definition) is 1. The van der Waals surface area contributed by atoms with E-state index in [-0.39, 0.29) is 16.6 Å². The van der Waals surface area contributed by atoms with Crippen molar-refractivity contribution in [3.8, 4) is 11.1 Å². The number of hydrogen-bond acceptors (Lipinski definition) is 5. The molecule has 1 fully saturated rings. The summed E-state index contributed by atoms with van der Waals surface area (Å²) in [5.74, 6) is 0. The lowest BCUT2D eigenvalue weighted by atomic mass is 10.1. The standard InChI is InChI=1S/C13H12N2O4S2/c16-15(17)13-7-11(21(18,19)14-10-1-2-10)3-4-12(13)9-5-6-20-8-9/h3-8,10,14H,1-2H2. The Morgan fingerprint density at radius 3 is 2.62 bits per heavy atom. The van der Waals surface area contributed by atoms with Gasteiger partial charge >= 0.3 is 0 Å². The molecule has 0 atom stereocenters. The summed E-state index contributed by atoms with van der Waals surface area (Å²) in [6, 6.07) is 5.75. The summed E-state index contributed by atoms with van der Waals surface area (Å²) in [5, 5.41) is 14.8. The van der Waals surface area contributed by atoms with Gasteiger partial charge in [-0.1, -0.05) is 0 Å². The zero-order valence-electron chi connectivity index (χ0n) is 10.9. The van der Waals surface area contributed by atoms with Gasteiger partial charge in [-0.05, 0) is 47.4 Å². The minimum absolute atomic E-state index is 0.0365. The molecule has 0 amide bonds. The average molecular weight is 324 g/mol. The summed E-state index contributed by atoms with van der Waals surface area (Å²) in [6.07, 6.45) is 1.63. The summed E-state index contributed by atoms with van der Waals surface area (Å²) in [6.45, 7) is 0. The highest BCUT2D eigenvalue weighted by atomic mass is 32.2. The molecule has 1 aromatic heterocycles. The maximum atomic E-state index is 12.1. The summed E-state index contributed by atoms with van der Waals surface area (Å²) in [7, 11) is -3.69. The van der Waals surface area contributed by atoms with Crippen LogP contribution >= 0.6 is 11.3 Å². The van der Waals surface area contributed by atoms with Crippen LogP contribution in [0.4, 0.5) is 5.69 Å². The predicted molar refractivity (Wildman–Crippen MR) is 79.8 cm³/mol. The van der Waals surface area contributed by atoms with Crippen LogP contribution in [0, 0.1) is 10.1 Å². The van der Waals surface area contributed by atoms with Gasteiger partial charge in [0.2, 0.25) is 10.0 Å². The van der Waals surface area contributed by atoms with Gasteiger partial charge in [-0.15, -0.1) is 0 Å². The number of nitrogens with zero attached hydrogens (tertiary/aromatic N) is 1. The zero-order valence-corrected chi connectivity index (χ0v) is 12.5. The van der Waals surface area contributed by atoms with Crippen molar-refractivity contribution in [3.05, 3.63) is 45.1 Å². The molecule has 6 nitrogen and oxygen atoms in total. The molecule has 0 aliphatic heterocycles. The van der Waals surface area contributed by atoms with Crippen LogP contribution in [0.25, 0.3) is 11.1 Å². The lowest BCUT2D eigenvalue weighted by molar-refractivity contribution is -0.384. The summed E-state index contributed by atoms with van der Waals surface area (Å²) >= 11 is 1.43. The third kappa shape index (κ3) is 2.97. The van der Waals surface area contributed by atoms with Crippen molar-refractivity contribution in [1.82, 2.24) is 4.72 Å². The fourth-order valence-corrected chi connectivity index (χ4v) is 3.96. The van der Waals surface area contributed by atoms with Crippen molar-refractivity contribution in [3.63, 3.8) is 0 Å². The number of nitro groups is 1. The van der Waals surface area contributed by atoms with E-state index in [0.717, 1.165) is 18.9 Å². The Balaban J connectivity index is 2.05. The van der Waals surface area contributed by atoms with Crippen LogP contribution in [0.3, 0.4) is 0 Å². The van der Waals surface area contributed by atoms with Crippen LogP contribution in [0.1, 0.15) is 12.8 Å². The molecule has 21 heavy (non-hydrogen) atoms. The van der Waals surface area contributed by atoms with Crippen LogP contribution < -0.4 is 4.72 Å². The third-order valence-electron chi connectivity index (χ3n) is 3.21. The van der Waals surface area contributed by atoms with Crippen LogP contribution in [0.15, 0.2) is 39.9 Å². The minimum atomic E-state index is -3.69. The Kier molecular flexibility index (Phi) is 3.52. The van der Waals surface area contributed by atoms with E-state index >= 15 is 0 Å². The molecule has 0 spiro atoms. The Bertz CT molecular complexity index is 781. The van der Waals surface area contributed by atoms with Gasteiger partial charge in [-0.3, -0.25) is 10.1 Å². The number of nitrogens with one attached hydrogen (secondary N) is 1. The topological polar surface area (TPSA) is 89.3 Å².